The summed E-state index contributed by atoms with van der Waals surface area (Å²) in [6.07, 6.45) is 2.22. The number of rotatable bonds is 3. The van der Waals surface area contributed by atoms with Gasteiger partial charge in [0.1, 0.15) is 0 Å². The summed E-state index contributed by atoms with van der Waals surface area (Å²) in [6.45, 7) is 13.1. The van der Waals surface area contributed by atoms with Gasteiger partial charge in [0.2, 0.25) is 5.91 Å². The van der Waals surface area contributed by atoms with Crippen LogP contribution in [0.5, 0.6) is 0 Å². The van der Waals surface area contributed by atoms with Gasteiger partial charge < -0.3 is 10.2 Å². The topological polar surface area (TPSA) is 32.3 Å². The Labute approximate surface area is 99.6 Å². The molecule has 1 saturated heterocycles. The zero-order chi connectivity index (χ0) is 12.4. The maximum Gasteiger partial charge on any atom is 0.229 e. The van der Waals surface area contributed by atoms with Crippen LogP contribution in [0.3, 0.4) is 0 Å². The van der Waals surface area contributed by atoms with Crippen LogP contribution in [0.25, 0.3) is 0 Å². The second kappa shape index (κ2) is 4.74. The summed E-state index contributed by atoms with van der Waals surface area (Å²) in [5, 5.41) is 3.40. The molecule has 0 bridgehead atoms. The van der Waals surface area contributed by atoms with Crippen LogP contribution in [-0.4, -0.2) is 36.0 Å². The summed E-state index contributed by atoms with van der Waals surface area (Å²) in [6, 6.07) is 0. The summed E-state index contributed by atoms with van der Waals surface area (Å²) in [7, 11) is 0. The lowest BCUT2D eigenvalue weighted by Crippen LogP contribution is -2.53. The van der Waals surface area contributed by atoms with Crippen molar-refractivity contribution in [1.29, 1.82) is 0 Å². The molecule has 0 aromatic carbocycles. The van der Waals surface area contributed by atoms with Gasteiger partial charge in [0.15, 0.2) is 0 Å². The Kier molecular flexibility index (Phi) is 4.00. The lowest BCUT2D eigenvalue weighted by Gasteiger charge is -2.39. The Hall–Kier alpha value is -0.570. The van der Waals surface area contributed by atoms with Crippen LogP contribution in [0.1, 0.15) is 47.5 Å². The molecule has 0 unspecified atom stereocenters. The van der Waals surface area contributed by atoms with Crippen molar-refractivity contribution < 1.29 is 4.79 Å². The lowest BCUT2D eigenvalue weighted by atomic mass is 9.90. The molecule has 0 radical (unpaired) electrons. The minimum Gasteiger partial charge on any atom is -0.336 e. The van der Waals surface area contributed by atoms with E-state index in [9.17, 15) is 4.79 Å². The normalized spacial score (nSPS) is 24.3. The van der Waals surface area contributed by atoms with E-state index in [1.807, 2.05) is 13.8 Å². The molecule has 16 heavy (non-hydrogen) atoms. The second-order valence-corrected chi connectivity index (χ2v) is 6.11. The van der Waals surface area contributed by atoms with E-state index in [2.05, 4.69) is 31.0 Å². The Balaban J connectivity index is 2.89. The first-order valence-electron chi connectivity index (χ1n) is 6.34. The second-order valence-electron chi connectivity index (χ2n) is 6.11. The first kappa shape index (κ1) is 13.5. The largest absolute Gasteiger partial charge is 0.336 e. The van der Waals surface area contributed by atoms with Gasteiger partial charge in [-0.05, 0) is 34.1 Å². The van der Waals surface area contributed by atoms with Crippen LogP contribution in [-0.2, 0) is 4.79 Å². The Bertz CT molecular complexity index is 259. The van der Waals surface area contributed by atoms with Crippen LogP contribution in [0.4, 0.5) is 0 Å². The Morgan fingerprint density at radius 3 is 2.44 bits per heavy atom. The van der Waals surface area contributed by atoms with Crippen molar-refractivity contribution in [3.8, 4) is 0 Å². The molecule has 0 aromatic heterocycles. The number of nitrogens with one attached hydrogen (secondary N) is 1. The van der Waals surface area contributed by atoms with Crippen LogP contribution in [0.2, 0.25) is 0 Å². The first-order chi connectivity index (χ1) is 7.31. The van der Waals surface area contributed by atoms with E-state index < -0.39 is 0 Å². The summed E-state index contributed by atoms with van der Waals surface area (Å²) < 4.78 is 0. The van der Waals surface area contributed by atoms with Gasteiger partial charge in [-0.25, -0.2) is 0 Å². The highest BCUT2D eigenvalue weighted by molar-refractivity contribution is 5.83. The third-order valence-corrected chi connectivity index (χ3v) is 3.41. The summed E-state index contributed by atoms with van der Waals surface area (Å²) in [4.78, 5) is 14.5. The monoisotopic (exact) mass is 226 g/mol. The van der Waals surface area contributed by atoms with Gasteiger partial charge in [-0.3, -0.25) is 4.79 Å². The van der Waals surface area contributed by atoms with Gasteiger partial charge >= 0.3 is 0 Å². The van der Waals surface area contributed by atoms with Crippen LogP contribution in [0.15, 0.2) is 0 Å². The van der Waals surface area contributed by atoms with Crippen molar-refractivity contribution in [3.05, 3.63) is 0 Å². The van der Waals surface area contributed by atoms with Crippen molar-refractivity contribution >= 4 is 5.91 Å². The highest BCUT2D eigenvalue weighted by Gasteiger charge is 2.41. The van der Waals surface area contributed by atoms with Gasteiger partial charge in [-0.1, -0.05) is 13.3 Å². The fourth-order valence-electron chi connectivity index (χ4n) is 2.21. The highest BCUT2D eigenvalue weighted by atomic mass is 16.2. The van der Waals surface area contributed by atoms with Crippen LogP contribution >= 0.6 is 0 Å². The molecule has 1 heterocycles. The molecule has 1 rings (SSSR count). The van der Waals surface area contributed by atoms with Crippen molar-refractivity contribution in [2.45, 2.75) is 53.0 Å². The van der Waals surface area contributed by atoms with E-state index >= 15 is 0 Å². The third-order valence-electron chi connectivity index (χ3n) is 3.41. The Morgan fingerprint density at radius 2 is 1.88 bits per heavy atom. The average Bonchev–Trinajstić information content (AvgIpc) is 2.22. The average molecular weight is 226 g/mol. The van der Waals surface area contributed by atoms with Gasteiger partial charge in [0.05, 0.1) is 5.41 Å². The van der Waals surface area contributed by atoms with Crippen molar-refractivity contribution in [2.75, 3.05) is 19.6 Å². The molecule has 94 valence electrons. The number of amides is 1. The minimum atomic E-state index is -0.276. The van der Waals surface area contributed by atoms with Crippen molar-refractivity contribution in [2.24, 2.45) is 5.41 Å². The van der Waals surface area contributed by atoms with Gasteiger partial charge in [0, 0.05) is 25.2 Å². The van der Waals surface area contributed by atoms with Crippen molar-refractivity contribution in [3.63, 3.8) is 0 Å². The molecule has 0 spiro atoms. The molecule has 0 aromatic rings. The van der Waals surface area contributed by atoms with E-state index in [0.29, 0.717) is 0 Å². The maximum atomic E-state index is 12.5. The van der Waals surface area contributed by atoms with Gasteiger partial charge in [-0.2, -0.15) is 0 Å². The molecule has 3 heteroatoms. The first-order valence-corrected chi connectivity index (χ1v) is 6.34. The molecule has 0 aliphatic carbocycles. The maximum absolute atomic E-state index is 12.5. The molecule has 1 aliphatic rings. The molecule has 1 amide bonds. The van der Waals surface area contributed by atoms with Crippen LogP contribution in [0, 0.1) is 5.41 Å². The fourth-order valence-corrected chi connectivity index (χ4v) is 2.21. The molecule has 1 aliphatic heterocycles. The Morgan fingerprint density at radius 1 is 1.25 bits per heavy atom. The number of carbonyl (C=O) groups excluding carboxylic acids is 1. The van der Waals surface area contributed by atoms with Gasteiger partial charge in [-0.15, -0.1) is 0 Å². The van der Waals surface area contributed by atoms with E-state index in [0.717, 1.165) is 32.5 Å². The number of nitrogens with zero attached hydrogens (tertiary/aromatic N) is 1. The van der Waals surface area contributed by atoms with E-state index in [1.165, 1.54) is 0 Å². The molecule has 1 N–H and O–H groups in total. The van der Waals surface area contributed by atoms with E-state index in [1.54, 1.807) is 0 Å². The van der Waals surface area contributed by atoms with Crippen molar-refractivity contribution in [1.82, 2.24) is 10.2 Å². The summed E-state index contributed by atoms with van der Waals surface area (Å²) >= 11 is 0. The SMILES string of the molecule is CCCCN1C(=O)C(C)(C)CNCC1(C)C. The molecule has 0 atom stereocenters. The number of unbranched alkanes of at least 4 members (excludes halogenated alkanes) is 1. The molecular formula is C13H26N2O. The smallest absolute Gasteiger partial charge is 0.229 e. The quantitative estimate of drug-likeness (QED) is 0.798. The number of hydrogen-bond donors (Lipinski definition) is 1. The molecule has 0 saturated carbocycles. The predicted molar refractivity (Wildman–Crippen MR) is 67.4 cm³/mol. The van der Waals surface area contributed by atoms with Gasteiger partial charge in [0.25, 0.3) is 0 Å². The standard InChI is InChI=1S/C13H26N2O/c1-6-7-8-15-11(16)12(2,3)9-14-10-13(15,4)5/h14H,6-10H2,1-5H3. The fraction of sp³-hybridized carbons (Fsp3) is 0.923. The summed E-state index contributed by atoms with van der Waals surface area (Å²) in [5.41, 5.74) is -0.346. The molecule has 3 nitrogen and oxygen atoms in total. The zero-order valence-electron chi connectivity index (χ0n) is 11.4. The minimum absolute atomic E-state index is 0.0694. The zero-order valence-corrected chi connectivity index (χ0v) is 11.4. The van der Waals surface area contributed by atoms with E-state index in [-0.39, 0.29) is 16.9 Å². The van der Waals surface area contributed by atoms with Crippen LogP contribution < -0.4 is 5.32 Å². The number of hydrogen-bond acceptors (Lipinski definition) is 2. The molecule has 1 fully saturated rings. The molecular weight excluding hydrogens is 200 g/mol. The number of carbonyl (C=O) groups is 1. The van der Waals surface area contributed by atoms with E-state index in [4.69, 9.17) is 0 Å². The predicted octanol–water partition coefficient (Wildman–Crippen LogP) is 2.02. The summed E-state index contributed by atoms with van der Waals surface area (Å²) in [5.74, 6) is 0.288. The third kappa shape index (κ3) is 2.76. The highest BCUT2D eigenvalue weighted by Crippen LogP contribution is 2.27. The lowest BCUT2D eigenvalue weighted by molar-refractivity contribution is -0.143.